The van der Waals surface area contributed by atoms with Crippen molar-refractivity contribution < 1.29 is 0 Å². The Balaban J connectivity index is 2.67. The van der Waals surface area contributed by atoms with Crippen molar-refractivity contribution in [1.29, 1.82) is 5.26 Å². The zero-order valence-corrected chi connectivity index (χ0v) is 24.6. The Morgan fingerprint density at radius 2 is 1.17 bits per heavy atom. The molecule has 0 aromatic heterocycles. The van der Waals surface area contributed by atoms with E-state index in [9.17, 15) is 5.26 Å². The molecule has 0 heterocycles. The summed E-state index contributed by atoms with van der Waals surface area (Å²) >= 11 is 0. The quantitative estimate of drug-likeness (QED) is 0.365. The van der Waals surface area contributed by atoms with Gasteiger partial charge in [-0.25, -0.2) is 0 Å². The Bertz CT molecular complexity index is 1260. The second-order valence-electron chi connectivity index (χ2n) is 13.2. The highest BCUT2D eigenvalue weighted by Crippen LogP contribution is 2.49. The van der Waals surface area contributed by atoms with Gasteiger partial charge in [0.15, 0.2) is 0 Å². The van der Waals surface area contributed by atoms with Gasteiger partial charge in [0.1, 0.15) is 0 Å². The molecule has 0 fully saturated rings. The number of nitrogens with zero attached hydrogens (tertiary/aromatic N) is 1. The molecule has 0 N–H and O–H groups in total. The van der Waals surface area contributed by atoms with Crippen LogP contribution in [0.1, 0.15) is 120 Å². The summed E-state index contributed by atoms with van der Waals surface area (Å²) in [5, 5.41) is 9.62. The van der Waals surface area contributed by atoms with E-state index in [1.165, 1.54) is 44.5 Å². The van der Waals surface area contributed by atoms with Gasteiger partial charge < -0.3 is 0 Å². The third-order valence-electron chi connectivity index (χ3n) is 7.34. The van der Waals surface area contributed by atoms with Gasteiger partial charge in [-0.2, -0.15) is 5.26 Å². The van der Waals surface area contributed by atoms with Gasteiger partial charge in [-0.05, 0) is 104 Å². The Kier molecular flexibility index (Phi) is 7.62. The van der Waals surface area contributed by atoms with Crippen molar-refractivity contribution in [2.24, 2.45) is 0 Å². The van der Waals surface area contributed by atoms with Gasteiger partial charge in [0.05, 0.1) is 11.6 Å². The van der Waals surface area contributed by atoms with Crippen molar-refractivity contribution in [2.75, 3.05) is 0 Å². The van der Waals surface area contributed by atoms with Crippen LogP contribution in [0, 0.1) is 25.2 Å². The van der Waals surface area contributed by atoms with E-state index in [-0.39, 0.29) is 10.8 Å². The monoisotopic (exact) mass is 479 g/mol. The summed E-state index contributed by atoms with van der Waals surface area (Å²) < 4.78 is 0. The van der Waals surface area contributed by atoms with E-state index >= 15 is 0 Å². The van der Waals surface area contributed by atoms with Crippen molar-refractivity contribution in [3.63, 3.8) is 0 Å². The molecular formula is C35H45N. The molecule has 0 amide bonds. The lowest BCUT2D eigenvalue weighted by molar-refractivity contribution is 0.571. The number of hydrogen-bond donors (Lipinski definition) is 0. The molecule has 0 saturated heterocycles. The van der Waals surface area contributed by atoms with E-state index in [1.807, 2.05) is 12.1 Å². The highest BCUT2D eigenvalue weighted by atomic mass is 14.3. The minimum Gasteiger partial charge on any atom is -0.192 e. The van der Waals surface area contributed by atoms with Crippen molar-refractivity contribution in [3.8, 4) is 28.3 Å². The normalized spacial score (nSPS) is 12.4. The molecule has 0 aliphatic heterocycles. The Morgan fingerprint density at radius 1 is 0.667 bits per heavy atom. The molecule has 3 aromatic rings. The zero-order chi connectivity index (χ0) is 27.2. The van der Waals surface area contributed by atoms with Crippen LogP contribution in [0.4, 0.5) is 0 Å². The van der Waals surface area contributed by atoms with Gasteiger partial charge in [0.25, 0.3) is 0 Å². The lowest BCUT2D eigenvalue weighted by Crippen LogP contribution is -2.20. The zero-order valence-electron chi connectivity index (χ0n) is 24.6. The summed E-state index contributed by atoms with van der Waals surface area (Å²) in [6.07, 6.45) is 0. The molecule has 0 saturated carbocycles. The molecule has 0 unspecified atom stereocenters. The smallest absolute Gasteiger partial charge is 0.0991 e. The van der Waals surface area contributed by atoms with E-state index in [2.05, 4.69) is 119 Å². The number of nitriles is 1. The SMILES string of the molecule is Cc1cc(C#N)cc(C)c1-c1cc(C(C)C)cc(C(C)C)c1-c1c(C(C)(C)C)cccc1C(C)(C)C. The third kappa shape index (κ3) is 5.29. The summed E-state index contributed by atoms with van der Waals surface area (Å²) in [4.78, 5) is 0. The molecule has 1 nitrogen and oxygen atoms in total. The van der Waals surface area contributed by atoms with Crippen LogP contribution in [0.25, 0.3) is 22.3 Å². The summed E-state index contributed by atoms with van der Waals surface area (Å²) in [6.45, 7) is 27.5. The lowest BCUT2D eigenvalue weighted by Gasteiger charge is -2.33. The molecule has 3 rings (SSSR count). The van der Waals surface area contributed by atoms with E-state index in [0.29, 0.717) is 11.8 Å². The van der Waals surface area contributed by atoms with Crippen LogP contribution >= 0.6 is 0 Å². The lowest BCUT2D eigenvalue weighted by atomic mass is 9.71. The minimum absolute atomic E-state index is 0.00636. The van der Waals surface area contributed by atoms with Crippen molar-refractivity contribution in [3.05, 3.63) is 81.4 Å². The Hall–Kier alpha value is -2.85. The Morgan fingerprint density at radius 3 is 1.56 bits per heavy atom. The number of rotatable bonds is 4. The van der Waals surface area contributed by atoms with Crippen LogP contribution < -0.4 is 0 Å². The first kappa shape index (κ1) is 27.7. The largest absolute Gasteiger partial charge is 0.192 e. The van der Waals surface area contributed by atoms with Gasteiger partial charge in [-0.1, -0.05) is 99.6 Å². The molecule has 0 aliphatic rings. The minimum atomic E-state index is -0.00636. The predicted octanol–water partition coefficient (Wildman–Crippen LogP) is 10.4. The fourth-order valence-corrected chi connectivity index (χ4v) is 5.48. The van der Waals surface area contributed by atoms with E-state index in [4.69, 9.17) is 0 Å². The summed E-state index contributed by atoms with van der Waals surface area (Å²) in [6, 6.07) is 18.2. The summed E-state index contributed by atoms with van der Waals surface area (Å²) in [7, 11) is 0. The topological polar surface area (TPSA) is 23.8 Å². The average molecular weight is 480 g/mol. The van der Waals surface area contributed by atoms with Gasteiger partial charge in [0.2, 0.25) is 0 Å². The second kappa shape index (κ2) is 9.89. The Labute approximate surface area is 220 Å². The molecule has 1 heteroatoms. The van der Waals surface area contributed by atoms with Gasteiger partial charge in [-0.3, -0.25) is 0 Å². The van der Waals surface area contributed by atoms with Crippen molar-refractivity contribution in [2.45, 2.75) is 106 Å². The third-order valence-corrected chi connectivity index (χ3v) is 7.34. The fourth-order valence-electron chi connectivity index (χ4n) is 5.48. The molecule has 190 valence electrons. The average Bonchev–Trinajstić information content (AvgIpc) is 2.76. The van der Waals surface area contributed by atoms with Crippen LogP contribution in [0.5, 0.6) is 0 Å². The standard InChI is InChI=1S/C35H45N/c1-21(2)26-18-27(22(3)4)32(28(19-26)31-23(5)16-25(20-36)17-24(31)6)33-29(34(7,8)9)14-13-15-30(33)35(10,11)12/h13-19,21-22H,1-12H3. The first-order valence-electron chi connectivity index (χ1n) is 13.4. The maximum Gasteiger partial charge on any atom is 0.0991 e. The maximum atomic E-state index is 9.62. The maximum absolute atomic E-state index is 9.62. The van der Waals surface area contributed by atoms with Gasteiger partial charge in [-0.15, -0.1) is 0 Å². The first-order valence-corrected chi connectivity index (χ1v) is 13.4. The molecule has 0 atom stereocenters. The number of aryl methyl sites for hydroxylation is 2. The molecular weight excluding hydrogens is 434 g/mol. The van der Waals surface area contributed by atoms with E-state index in [1.54, 1.807) is 0 Å². The summed E-state index contributed by atoms with van der Waals surface area (Å²) in [5.41, 5.74) is 13.9. The fraction of sp³-hybridized carbons (Fsp3) is 0.457. The number of benzene rings is 3. The molecule has 0 aliphatic carbocycles. The molecule has 0 spiro atoms. The summed E-state index contributed by atoms with van der Waals surface area (Å²) in [5.74, 6) is 0.798. The van der Waals surface area contributed by atoms with Gasteiger partial charge in [0, 0.05) is 0 Å². The van der Waals surface area contributed by atoms with Crippen LogP contribution in [0.15, 0.2) is 42.5 Å². The molecule has 36 heavy (non-hydrogen) atoms. The number of hydrogen-bond acceptors (Lipinski definition) is 1. The first-order chi connectivity index (χ1) is 16.6. The van der Waals surface area contributed by atoms with Crippen molar-refractivity contribution >= 4 is 0 Å². The van der Waals surface area contributed by atoms with E-state index < -0.39 is 0 Å². The highest BCUT2D eigenvalue weighted by molar-refractivity contribution is 5.92. The van der Waals surface area contributed by atoms with Crippen LogP contribution in [0.3, 0.4) is 0 Å². The van der Waals surface area contributed by atoms with Crippen LogP contribution in [-0.2, 0) is 10.8 Å². The molecule has 0 radical (unpaired) electrons. The van der Waals surface area contributed by atoms with Crippen LogP contribution in [0.2, 0.25) is 0 Å². The second-order valence-corrected chi connectivity index (χ2v) is 13.2. The van der Waals surface area contributed by atoms with Crippen LogP contribution in [-0.4, -0.2) is 0 Å². The van der Waals surface area contributed by atoms with Crippen molar-refractivity contribution in [1.82, 2.24) is 0 Å². The van der Waals surface area contributed by atoms with Gasteiger partial charge >= 0.3 is 0 Å². The predicted molar refractivity (Wildman–Crippen MR) is 157 cm³/mol. The molecule has 0 bridgehead atoms. The molecule has 3 aromatic carbocycles. The highest BCUT2D eigenvalue weighted by Gasteiger charge is 2.30. The van der Waals surface area contributed by atoms with E-state index in [0.717, 1.165) is 16.7 Å².